The Labute approximate surface area is 184 Å². The predicted molar refractivity (Wildman–Crippen MR) is 120 cm³/mol. The lowest BCUT2D eigenvalue weighted by Gasteiger charge is -2.14. The van der Waals surface area contributed by atoms with Gasteiger partial charge >= 0.3 is 6.03 Å². The Bertz CT molecular complexity index is 760. The molecule has 0 aliphatic carbocycles. The largest absolute Gasteiger partial charge is 0.351 e. The molecule has 1 atom stereocenters. The fourth-order valence-electron chi connectivity index (χ4n) is 2.55. The minimum Gasteiger partial charge on any atom is -0.351 e. The Morgan fingerprint density at radius 3 is 2.31 bits per heavy atom. The van der Waals surface area contributed by atoms with E-state index < -0.39 is 6.04 Å². The first-order valence-electron chi connectivity index (χ1n) is 9.00. The molecule has 0 bridgehead atoms. The molecular weight excluding hydrogens is 413 g/mol. The third-order valence-corrected chi connectivity index (χ3v) is 3.92. The summed E-state index contributed by atoms with van der Waals surface area (Å²) < 4.78 is 0. The summed E-state index contributed by atoms with van der Waals surface area (Å²) in [5, 5.41) is 8.41. The normalized spacial score (nSPS) is 10.9. The minimum absolute atomic E-state index is 0. The van der Waals surface area contributed by atoms with Crippen molar-refractivity contribution in [2.75, 3.05) is 5.32 Å². The van der Waals surface area contributed by atoms with E-state index in [9.17, 15) is 9.59 Å². The van der Waals surface area contributed by atoms with Crippen molar-refractivity contribution >= 4 is 42.4 Å². The number of carbonyl (C=O) groups is 2. The second-order valence-corrected chi connectivity index (χ2v) is 6.82. The van der Waals surface area contributed by atoms with Crippen LogP contribution in [-0.4, -0.2) is 23.0 Å². The summed E-state index contributed by atoms with van der Waals surface area (Å²) in [4.78, 5) is 28.0. The van der Waals surface area contributed by atoms with Crippen molar-refractivity contribution < 1.29 is 9.59 Å². The fourth-order valence-corrected chi connectivity index (χ4v) is 2.55. The number of anilines is 1. The van der Waals surface area contributed by atoms with Crippen LogP contribution in [0.25, 0.3) is 0 Å². The van der Waals surface area contributed by atoms with Crippen LogP contribution < -0.4 is 21.7 Å². The van der Waals surface area contributed by atoms with Crippen LogP contribution in [0.4, 0.5) is 10.5 Å². The van der Waals surface area contributed by atoms with E-state index in [1.54, 1.807) is 18.5 Å². The highest BCUT2D eigenvalue weighted by Crippen LogP contribution is 2.11. The molecule has 29 heavy (non-hydrogen) atoms. The van der Waals surface area contributed by atoms with E-state index in [1.807, 2.05) is 44.2 Å². The van der Waals surface area contributed by atoms with Gasteiger partial charge in [0.1, 0.15) is 0 Å². The zero-order valence-electron chi connectivity index (χ0n) is 16.6. The minimum atomic E-state index is -0.509. The second kappa shape index (κ2) is 13.8. The summed E-state index contributed by atoms with van der Waals surface area (Å²) in [5.41, 5.74) is 8.38. The van der Waals surface area contributed by atoms with E-state index in [-0.39, 0.29) is 36.8 Å². The number of halogens is 2. The molecule has 7 nitrogen and oxygen atoms in total. The SMILES string of the molecule is CC(C)C[C@H](N)C(=O)NCc1cccc(NC(=O)NCc2ccncc2)c1.Cl.Cl. The molecule has 0 aliphatic rings. The summed E-state index contributed by atoms with van der Waals surface area (Å²) in [6, 6.07) is 10.2. The van der Waals surface area contributed by atoms with Crippen LogP contribution in [0, 0.1) is 5.92 Å². The van der Waals surface area contributed by atoms with E-state index in [0.29, 0.717) is 31.1 Å². The van der Waals surface area contributed by atoms with E-state index in [4.69, 9.17) is 5.73 Å². The van der Waals surface area contributed by atoms with E-state index in [0.717, 1.165) is 11.1 Å². The molecular formula is C20H29Cl2N5O2. The van der Waals surface area contributed by atoms with Crippen LogP contribution in [0.5, 0.6) is 0 Å². The van der Waals surface area contributed by atoms with Crippen LogP contribution in [0.1, 0.15) is 31.4 Å². The van der Waals surface area contributed by atoms with Gasteiger partial charge in [-0.05, 0) is 47.7 Å². The maximum absolute atomic E-state index is 12.0. The summed E-state index contributed by atoms with van der Waals surface area (Å²) in [6.07, 6.45) is 4.00. The number of urea groups is 1. The lowest BCUT2D eigenvalue weighted by molar-refractivity contribution is -0.122. The highest BCUT2D eigenvalue weighted by Gasteiger charge is 2.14. The number of nitrogens with two attached hydrogens (primary N) is 1. The van der Waals surface area contributed by atoms with Gasteiger partial charge in [0, 0.05) is 31.2 Å². The molecule has 0 saturated heterocycles. The Kier molecular flexibility index (Phi) is 12.6. The van der Waals surface area contributed by atoms with Gasteiger partial charge in [0.05, 0.1) is 6.04 Å². The third kappa shape index (κ3) is 10.1. The number of hydrogen-bond acceptors (Lipinski definition) is 4. The predicted octanol–water partition coefficient (Wildman–Crippen LogP) is 3.24. The summed E-state index contributed by atoms with van der Waals surface area (Å²) in [5.74, 6) is 0.195. The average molecular weight is 442 g/mol. The number of carbonyl (C=O) groups excluding carboxylic acids is 2. The smallest absolute Gasteiger partial charge is 0.319 e. The zero-order valence-corrected chi connectivity index (χ0v) is 18.2. The summed E-state index contributed by atoms with van der Waals surface area (Å²) in [7, 11) is 0. The van der Waals surface area contributed by atoms with Gasteiger partial charge in [-0.25, -0.2) is 4.79 Å². The lowest BCUT2D eigenvalue weighted by atomic mass is 10.0. The van der Waals surface area contributed by atoms with E-state index >= 15 is 0 Å². The van der Waals surface area contributed by atoms with Crippen LogP contribution >= 0.6 is 24.8 Å². The van der Waals surface area contributed by atoms with E-state index in [2.05, 4.69) is 20.9 Å². The van der Waals surface area contributed by atoms with Gasteiger partial charge in [-0.2, -0.15) is 0 Å². The molecule has 5 N–H and O–H groups in total. The molecule has 0 saturated carbocycles. The topological polar surface area (TPSA) is 109 Å². The zero-order chi connectivity index (χ0) is 19.6. The van der Waals surface area contributed by atoms with Crippen molar-refractivity contribution in [2.24, 2.45) is 11.7 Å². The highest BCUT2D eigenvalue weighted by molar-refractivity contribution is 5.89. The Hall–Kier alpha value is -2.35. The molecule has 160 valence electrons. The van der Waals surface area contributed by atoms with Crippen molar-refractivity contribution in [3.05, 3.63) is 59.9 Å². The number of benzene rings is 1. The Morgan fingerprint density at radius 1 is 1.00 bits per heavy atom. The molecule has 0 aliphatic heterocycles. The number of amides is 3. The maximum atomic E-state index is 12.0. The first kappa shape index (κ1) is 26.6. The van der Waals surface area contributed by atoms with Crippen LogP contribution in [0.2, 0.25) is 0 Å². The van der Waals surface area contributed by atoms with Crippen LogP contribution in [0.15, 0.2) is 48.8 Å². The van der Waals surface area contributed by atoms with Gasteiger partial charge in [-0.1, -0.05) is 26.0 Å². The van der Waals surface area contributed by atoms with Gasteiger partial charge in [0.15, 0.2) is 0 Å². The molecule has 9 heteroatoms. The highest BCUT2D eigenvalue weighted by atomic mass is 35.5. The number of nitrogens with zero attached hydrogens (tertiary/aromatic N) is 1. The third-order valence-electron chi connectivity index (χ3n) is 3.92. The summed E-state index contributed by atoms with van der Waals surface area (Å²) >= 11 is 0. The lowest BCUT2D eigenvalue weighted by Crippen LogP contribution is -2.41. The molecule has 0 fully saturated rings. The molecule has 0 spiro atoms. The van der Waals surface area contributed by atoms with Crippen molar-refractivity contribution in [3.8, 4) is 0 Å². The monoisotopic (exact) mass is 441 g/mol. The van der Waals surface area contributed by atoms with E-state index in [1.165, 1.54) is 0 Å². The molecule has 0 radical (unpaired) electrons. The Morgan fingerprint density at radius 2 is 1.66 bits per heavy atom. The van der Waals surface area contributed by atoms with Gasteiger partial charge in [0.25, 0.3) is 0 Å². The number of pyridine rings is 1. The molecule has 3 amide bonds. The number of rotatable bonds is 8. The quantitative estimate of drug-likeness (QED) is 0.503. The Balaban J connectivity index is 0.00000392. The van der Waals surface area contributed by atoms with Crippen LogP contribution in [-0.2, 0) is 17.9 Å². The van der Waals surface area contributed by atoms with Crippen LogP contribution in [0.3, 0.4) is 0 Å². The molecule has 1 aromatic heterocycles. The first-order chi connectivity index (χ1) is 12.9. The number of nitrogens with one attached hydrogen (secondary N) is 3. The van der Waals surface area contributed by atoms with Crippen molar-refractivity contribution in [2.45, 2.75) is 39.4 Å². The van der Waals surface area contributed by atoms with Gasteiger partial charge in [-0.15, -0.1) is 24.8 Å². The molecule has 2 aromatic rings. The molecule has 1 heterocycles. The standard InChI is InChI=1S/C20H27N5O2.2ClH/c1-14(2)10-18(21)19(26)23-13-16-4-3-5-17(11-16)25-20(27)24-12-15-6-8-22-9-7-15;;/h3-9,11,14,18H,10,12-13,21H2,1-2H3,(H,23,26)(H2,24,25,27);2*1H/t18-;;/m0../s1. The first-order valence-corrected chi connectivity index (χ1v) is 9.00. The second-order valence-electron chi connectivity index (χ2n) is 6.82. The van der Waals surface area contributed by atoms with Crippen molar-refractivity contribution in [1.82, 2.24) is 15.6 Å². The average Bonchev–Trinajstić information content (AvgIpc) is 2.65. The molecule has 1 aromatic carbocycles. The summed E-state index contributed by atoms with van der Waals surface area (Å²) in [6.45, 7) is 4.83. The van der Waals surface area contributed by atoms with Gasteiger partial charge in [0.2, 0.25) is 5.91 Å². The van der Waals surface area contributed by atoms with Crippen molar-refractivity contribution in [1.29, 1.82) is 0 Å². The van der Waals surface area contributed by atoms with Gasteiger partial charge in [-0.3, -0.25) is 9.78 Å². The number of aromatic nitrogens is 1. The van der Waals surface area contributed by atoms with Gasteiger partial charge < -0.3 is 21.7 Å². The maximum Gasteiger partial charge on any atom is 0.319 e. The molecule has 2 rings (SSSR count). The fraction of sp³-hybridized carbons (Fsp3) is 0.350. The van der Waals surface area contributed by atoms with Crippen molar-refractivity contribution in [3.63, 3.8) is 0 Å². The number of hydrogen-bond donors (Lipinski definition) is 4. The molecule has 0 unspecified atom stereocenters.